The molecule has 1 atom stereocenters. The third kappa shape index (κ3) is 3.97. The van der Waals surface area contributed by atoms with Gasteiger partial charge < -0.3 is 15.0 Å². The molecule has 1 aromatic rings. The summed E-state index contributed by atoms with van der Waals surface area (Å²) in [6.45, 7) is 5.90. The number of fused-ring (bicyclic) bond motifs is 1. The average molecular weight is 290 g/mol. The minimum Gasteiger partial charge on any atom is -0.484 e. The Bertz CT molecular complexity index is 488. The highest BCUT2D eigenvalue weighted by Crippen LogP contribution is 2.32. The number of likely N-dealkylation sites (N-methyl/N-ethyl adjacent to an activating group) is 1. The van der Waals surface area contributed by atoms with E-state index in [0.29, 0.717) is 12.6 Å². The zero-order chi connectivity index (χ0) is 15.2. The van der Waals surface area contributed by atoms with E-state index in [1.54, 1.807) is 11.9 Å². The van der Waals surface area contributed by atoms with Crippen LogP contribution in [0.25, 0.3) is 0 Å². The quantitative estimate of drug-likeness (QED) is 0.875. The number of aryl methyl sites for hydroxylation is 1. The molecule has 1 N–H and O–H groups in total. The summed E-state index contributed by atoms with van der Waals surface area (Å²) in [5, 5.41) is 3.53. The Morgan fingerprint density at radius 2 is 2.24 bits per heavy atom. The first kappa shape index (κ1) is 15.8. The van der Waals surface area contributed by atoms with Crippen molar-refractivity contribution in [3.63, 3.8) is 0 Å². The molecule has 0 saturated heterocycles. The van der Waals surface area contributed by atoms with Gasteiger partial charge in [-0.25, -0.2) is 0 Å². The number of carbonyl (C=O) groups excluding carboxylic acids is 1. The number of rotatable bonds is 6. The van der Waals surface area contributed by atoms with E-state index in [4.69, 9.17) is 4.74 Å². The Kier molecular flexibility index (Phi) is 5.62. The summed E-state index contributed by atoms with van der Waals surface area (Å²) < 4.78 is 5.64. The van der Waals surface area contributed by atoms with Crippen molar-refractivity contribution in [1.82, 2.24) is 10.2 Å². The fourth-order valence-corrected chi connectivity index (χ4v) is 2.77. The van der Waals surface area contributed by atoms with Gasteiger partial charge >= 0.3 is 0 Å². The highest BCUT2D eigenvalue weighted by molar-refractivity contribution is 5.77. The van der Waals surface area contributed by atoms with Crippen LogP contribution < -0.4 is 10.1 Å². The molecule has 2 rings (SSSR count). The summed E-state index contributed by atoms with van der Waals surface area (Å²) in [5.41, 5.74) is 2.73. The Morgan fingerprint density at radius 3 is 2.95 bits per heavy atom. The molecule has 0 heterocycles. The van der Waals surface area contributed by atoms with Crippen LogP contribution in [0.5, 0.6) is 5.75 Å². The molecule has 4 heteroatoms. The lowest BCUT2D eigenvalue weighted by atomic mass is 9.87. The van der Waals surface area contributed by atoms with Gasteiger partial charge in [-0.1, -0.05) is 13.0 Å². The standard InChI is InChI=1S/C17H26N2O2/c1-4-18-16-8-6-7-13-11-14(9-10-15(13)16)21-12-17(20)19(3)5-2/h9-11,16,18H,4-8,12H2,1-3H3. The van der Waals surface area contributed by atoms with E-state index in [-0.39, 0.29) is 12.5 Å². The molecule has 21 heavy (non-hydrogen) atoms. The second-order valence-corrected chi connectivity index (χ2v) is 5.56. The fraction of sp³-hybridized carbons (Fsp3) is 0.588. The first-order valence-corrected chi connectivity index (χ1v) is 7.88. The lowest BCUT2D eigenvalue weighted by molar-refractivity contribution is -0.131. The molecule has 0 radical (unpaired) electrons. The summed E-state index contributed by atoms with van der Waals surface area (Å²) >= 11 is 0. The Balaban J connectivity index is 2.02. The van der Waals surface area contributed by atoms with Gasteiger partial charge in [-0.05, 0) is 56.0 Å². The van der Waals surface area contributed by atoms with Crippen molar-refractivity contribution in [2.75, 3.05) is 26.7 Å². The van der Waals surface area contributed by atoms with Crippen LogP contribution in [0.15, 0.2) is 18.2 Å². The van der Waals surface area contributed by atoms with Crippen molar-refractivity contribution in [2.45, 2.75) is 39.2 Å². The SMILES string of the molecule is CCNC1CCCc2cc(OCC(=O)N(C)CC)ccc21. The van der Waals surface area contributed by atoms with Gasteiger partial charge in [0.2, 0.25) is 0 Å². The van der Waals surface area contributed by atoms with Gasteiger partial charge in [0.25, 0.3) is 5.91 Å². The summed E-state index contributed by atoms with van der Waals surface area (Å²) in [5.74, 6) is 0.810. The van der Waals surface area contributed by atoms with Gasteiger partial charge in [0.1, 0.15) is 5.75 Å². The van der Waals surface area contributed by atoms with Crippen molar-refractivity contribution in [3.8, 4) is 5.75 Å². The third-order valence-electron chi connectivity index (χ3n) is 4.14. The van der Waals surface area contributed by atoms with Gasteiger partial charge in [0.15, 0.2) is 6.61 Å². The van der Waals surface area contributed by atoms with Crippen LogP contribution in [0, 0.1) is 0 Å². The molecule has 1 amide bonds. The number of hydrogen-bond donors (Lipinski definition) is 1. The Hall–Kier alpha value is -1.55. The number of benzene rings is 1. The number of amides is 1. The van der Waals surface area contributed by atoms with Crippen LogP contribution in [-0.2, 0) is 11.2 Å². The van der Waals surface area contributed by atoms with Gasteiger partial charge in [0.05, 0.1) is 0 Å². The molecule has 4 nitrogen and oxygen atoms in total. The number of hydrogen-bond acceptors (Lipinski definition) is 3. The monoisotopic (exact) mass is 290 g/mol. The molecule has 0 aromatic heterocycles. The zero-order valence-corrected chi connectivity index (χ0v) is 13.3. The number of nitrogens with zero attached hydrogens (tertiary/aromatic N) is 1. The summed E-state index contributed by atoms with van der Waals surface area (Å²) in [7, 11) is 1.79. The maximum absolute atomic E-state index is 11.8. The van der Waals surface area contributed by atoms with Crippen LogP contribution >= 0.6 is 0 Å². The number of ether oxygens (including phenoxy) is 1. The second kappa shape index (κ2) is 7.46. The molecule has 0 saturated carbocycles. The summed E-state index contributed by atoms with van der Waals surface area (Å²) in [4.78, 5) is 13.4. The average Bonchev–Trinajstić information content (AvgIpc) is 2.52. The van der Waals surface area contributed by atoms with E-state index < -0.39 is 0 Å². The number of nitrogens with one attached hydrogen (secondary N) is 1. The van der Waals surface area contributed by atoms with Crippen LogP contribution in [0.1, 0.15) is 43.9 Å². The largest absolute Gasteiger partial charge is 0.484 e. The highest BCUT2D eigenvalue weighted by Gasteiger charge is 2.19. The number of carbonyl (C=O) groups is 1. The Morgan fingerprint density at radius 1 is 1.43 bits per heavy atom. The topological polar surface area (TPSA) is 41.6 Å². The van der Waals surface area contributed by atoms with Crippen LogP contribution in [0.3, 0.4) is 0 Å². The van der Waals surface area contributed by atoms with Crippen molar-refractivity contribution in [3.05, 3.63) is 29.3 Å². The molecular weight excluding hydrogens is 264 g/mol. The minimum absolute atomic E-state index is 0.0146. The first-order chi connectivity index (χ1) is 10.2. The molecule has 0 fully saturated rings. The lowest BCUT2D eigenvalue weighted by Crippen LogP contribution is -2.31. The molecular formula is C17H26N2O2. The van der Waals surface area contributed by atoms with Gasteiger partial charge in [0, 0.05) is 19.6 Å². The normalized spacial score (nSPS) is 17.2. The predicted octanol–water partition coefficient (Wildman–Crippen LogP) is 2.53. The van der Waals surface area contributed by atoms with E-state index in [1.807, 2.05) is 13.0 Å². The van der Waals surface area contributed by atoms with Crippen LogP contribution in [-0.4, -0.2) is 37.6 Å². The molecule has 1 aliphatic carbocycles. The fourth-order valence-electron chi connectivity index (χ4n) is 2.77. The van der Waals surface area contributed by atoms with Crippen molar-refractivity contribution in [2.24, 2.45) is 0 Å². The minimum atomic E-state index is 0.0146. The molecule has 1 aromatic carbocycles. The van der Waals surface area contributed by atoms with E-state index in [9.17, 15) is 4.79 Å². The third-order valence-corrected chi connectivity index (χ3v) is 4.14. The maximum atomic E-state index is 11.8. The van der Waals surface area contributed by atoms with Gasteiger partial charge in [-0.2, -0.15) is 0 Å². The van der Waals surface area contributed by atoms with E-state index in [0.717, 1.165) is 18.7 Å². The predicted molar refractivity (Wildman–Crippen MR) is 84.6 cm³/mol. The van der Waals surface area contributed by atoms with E-state index >= 15 is 0 Å². The van der Waals surface area contributed by atoms with E-state index in [2.05, 4.69) is 24.4 Å². The van der Waals surface area contributed by atoms with Gasteiger partial charge in [-0.3, -0.25) is 4.79 Å². The zero-order valence-electron chi connectivity index (χ0n) is 13.3. The molecule has 1 unspecified atom stereocenters. The van der Waals surface area contributed by atoms with E-state index in [1.165, 1.54) is 24.0 Å². The molecule has 116 valence electrons. The van der Waals surface area contributed by atoms with Crippen molar-refractivity contribution < 1.29 is 9.53 Å². The van der Waals surface area contributed by atoms with Crippen LogP contribution in [0.4, 0.5) is 0 Å². The van der Waals surface area contributed by atoms with Crippen molar-refractivity contribution >= 4 is 5.91 Å². The van der Waals surface area contributed by atoms with Gasteiger partial charge in [-0.15, -0.1) is 0 Å². The summed E-state index contributed by atoms with van der Waals surface area (Å²) in [6, 6.07) is 6.68. The summed E-state index contributed by atoms with van der Waals surface area (Å²) in [6.07, 6.45) is 3.49. The molecule has 0 aliphatic heterocycles. The smallest absolute Gasteiger partial charge is 0.260 e. The van der Waals surface area contributed by atoms with Crippen LogP contribution in [0.2, 0.25) is 0 Å². The lowest BCUT2D eigenvalue weighted by Gasteiger charge is -2.26. The Labute approximate surface area is 127 Å². The molecule has 0 bridgehead atoms. The molecule has 0 spiro atoms. The maximum Gasteiger partial charge on any atom is 0.260 e. The second-order valence-electron chi connectivity index (χ2n) is 5.56. The van der Waals surface area contributed by atoms with Crippen molar-refractivity contribution in [1.29, 1.82) is 0 Å². The molecule has 1 aliphatic rings. The highest BCUT2D eigenvalue weighted by atomic mass is 16.5. The first-order valence-electron chi connectivity index (χ1n) is 7.88.